The van der Waals surface area contributed by atoms with Gasteiger partial charge >= 0.3 is 18.9 Å². The second-order valence-corrected chi connectivity index (χ2v) is 7.55. The fourth-order valence-electron chi connectivity index (χ4n) is 3.61. The van der Waals surface area contributed by atoms with E-state index >= 15 is 0 Å². The van der Waals surface area contributed by atoms with Crippen LogP contribution in [0.2, 0.25) is 0 Å². The second kappa shape index (κ2) is 21.2. The van der Waals surface area contributed by atoms with Gasteiger partial charge in [0.25, 0.3) is 0 Å². The number of hydrogen-bond acceptors (Lipinski definition) is 3. The van der Waals surface area contributed by atoms with Crippen LogP contribution in [0.4, 0.5) is 0 Å². The fourth-order valence-corrected chi connectivity index (χ4v) is 3.61. The average Bonchev–Trinajstić information content (AvgIpc) is 2.65. The van der Waals surface area contributed by atoms with Crippen LogP contribution in [-0.2, 0) is 4.79 Å². The summed E-state index contributed by atoms with van der Waals surface area (Å²) in [4.78, 5) is 13.6. The molecule has 0 aliphatic heterocycles. The first-order valence-corrected chi connectivity index (χ1v) is 11.4. The molecule has 3 nitrogen and oxygen atoms in total. The van der Waals surface area contributed by atoms with E-state index in [4.69, 9.17) is 0 Å². The summed E-state index contributed by atoms with van der Waals surface area (Å²) >= 11 is 0. The van der Waals surface area contributed by atoms with Crippen molar-refractivity contribution in [2.45, 2.75) is 117 Å². The molecule has 0 aromatic rings. The van der Waals surface area contributed by atoms with Gasteiger partial charge in [0.2, 0.25) is 0 Å². The van der Waals surface area contributed by atoms with Gasteiger partial charge in [-0.05, 0) is 51.4 Å². The predicted molar refractivity (Wildman–Crippen MR) is 116 cm³/mol. The molecule has 0 radical (unpaired) electrons. The number of carbonyl (C=O) groups is 1. The van der Waals surface area contributed by atoms with Gasteiger partial charge in [0.15, 0.2) is 0 Å². The molecule has 0 heterocycles. The van der Waals surface area contributed by atoms with Crippen molar-refractivity contribution in [2.24, 2.45) is 0 Å². The number of carbonyl (C=O) groups excluding carboxylic acids is 1. The van der Waals surface area contributed by atoms with Crippen LogP contribution in [0, 0.1) is 0 Å². The van der Waals surface area contributed by atoms with Crippen molar-refractivity contribution in [1.29, 1.82) is 0 Å². The fraction of sp³-hybridized carbons (Fsp3) is 0.792. The quantitative estimate of drug-likeness (QED) is 0.207. The van der Waals surface area contributed by atoms with E-state index in [-0.39, 0.29) is 25.4 Å². The number of carboxylic acid groups (broad SMARTS) is 1. The Hall–Kier alpha value is -0.493. The van der Waals surface area contributed by atoms with Crippen LogP contribution in [0.25, 0.3) is 0 Å². The first-order valence-electron chi connectivity index (χ1n) is 11.4. The standard InChI is InChI=1S/C24H45NO2.Li/c1-5-9-11-13-15-17-19-22(7-3)25(21-24(26)27)23(8-4)20-18-16-14-12-10-6-2;/h13-16,22-23H,5-12,17-21H2,1-4H3,(H,26,27);/q;+1/p-1/b15-13+,16-14+;. The van der Waals surface area contributed by atoms with Gasteiger partial charge in [-0.15, -0.1) is 0 Å². The maximum Gasteiger partial charge on any atom is 1.00 e. The minimum atomic E-state index is -0.955. The van der Waals surface area contributed by atoms with Gasteiger partial charge in [0.05, 0.1) is 5.97 Å². The Labute approximate surface area is 187 Å². The molecule has 0 N–H and O–H groups in total. The summed E-state index contributed by atoms with van der Waals surface area (Å²) in [6.45, 7) is 8.82. The predicted octanol–water partition coefficient (Wildman–Crippen LogP) is 2.65. The van der Waals surface area contributed by atoms with E-state index in [1.54, 1.807) is 0 Å². The molecule has 0 aromatic heterocycles. The van der Waals surface area contributed by atoms with Crippen molar-refractivity contribution < 1.29 is 28.8 Å². The summed E-state index contributed by atoms with van der Waals surface area (Å²) < 4.78 is 0. The van der Waals surface area contributed by atoms with Gasteiger partial charge in [-0.25, -0.2) is 0 Å². The summed E-state index contributed by atoms with van der Waals surface area (Å²) in [6.07, 6.45) is 22.4. The van der Waals surface area contributed by atoms with Crippen LogP contribution in [-0.4, -0.2) is 29.5 Å². The Morgan fingerprint density at radius 3 is 1.50 bits per heavy atom. The van der Waals surface area contributed by atoms with Crippen molar-refractivity contribution in [2.75, 3.05) is 6.54 Å². The Morgan fingerprint density at radius 2 is 1.18 bits per heavy atom. The van der Waals surface area contributed by atoms with Gasteiger partial charge in [-0.3, -0.25) is 4.90 Å². The summed E-state index contributed by atoms with van der Waals surface area (Å²) in [7, 11) is 0. The third-order valence-electron chi connectivity index (χ3n) is 5.31. The monoisotopic (exact) mass is 385 g/mol. The number of unbranched alkanes of at least 4 members (excludes halogenated alkanes) is 4. The maximum absolute atomic E-state index is 11.4. The minimum Gasteiger partial charge on any atom is -0.549 e. The van der Waals surface area contributed by atoms with E-state index in [1.807, 2.05) is 0 Å². The number of hydrogen-bond donors (Lipinski definition) is 0. The molecule has 0 amide bonds. The van der Waals surface area contributed by atoms with E-state index < -0.39 is 5.97 Å². The Balaban J connectivity index is 0. The molecule has 0 saturated heterocycles. The zero-order valence-corrected chi connectivity index (χ0v) is 19.4. The van der Waals surface area contributed by atoms with Crippen molar-refractivity contribution in [3.63, 3.8) is 0 Å². The Bertz CT molecular complexity index is 379. The molecule has 0 fully saturated rings. The van der Waals surface area contributed by atoms with Crippen molar-refractivity contribution in [3.8, 4) is 0 Å². The van der Waals surface area contributed by atoms with Crippen LogP contribution in [0.5, 0.6) is 0 Å². The molecule has 28 heavy (non-hydrogen) atoms. The molecular weight excluding hydrogens is 341 g/mol. The molecule has 0 aromatic carbocycles. The number of carboxylic acids is 1. The van der Waals surface area contributed by atoms with Gasteiger partial charge in [0.1, 0.15) is 0 Å². The molecule has 0 rings (SSSR count). The molecule has 0 aliphatic carbocycles. The zero-order valence-electron chi connectivity index (χ0n) is 19.4. The molecule has 0 saturated carbocycles. The Morgan fingerprint density at radius 1 is 0.786 bits per heavy atom. The molecule has 0 bridgehead atoms. The van der Waals surface area contributed by atoms with Gasteiger partial charge in [-0.1, -0.05) is 77.7 Å². The average molecular weight is 386 g/mol. The molecule has 2 unspecified atom stereocenters. The maximum atomic E-state index is 11.4. The van der Waals surface area contributed by atoms with Gasteiger partial charge < -0.3 is 9.90 Å². The molecular formula is C24H44LiNO2. The molecule has 0 spiro atoms. The van der Waals surface area contributed by atoms with Gasteiger partial charge in [-0.2, -0.15) is 0 Å². The number of allylic oxidation sites excluding steroid dienone is 4. The summed E-state index contributed by atoms with van der Waals surface area (Å²) in [5, 5.41) is 11.4. The zero-order chi connectivity index (χ0) is 20.3. The van der Waals surface area contributed by atoms with Crippen LogP contribution < -0.4 is 24.0 Å². The third-order valence-corrected chi connectivity index (χ3v) is 5.31. The topological polar surface area (TPSA) is 43.4 Å². The van der Waals surface area contributed by atoms with Gasteiger partial charge in [0, 0.05) is 18.6 Å². The first kappa shape index (κ1) is 29.7. The van der Waals surface area contributed by atoms with Crippen LogP contribution in [0.3, 0.4) is 0 Å². The molecule has 0 aliphatic rings. The Kier molecular flexibility index (Phi) is 22.5. The summed E-state index contributed by atoms with van der Waals surface area (Å²) in [5.41, 5.74) is 0. The van der Waals surface area contributed by atoms with E-state index in [2.05, 4.69) is 56.9 Å². The van der Waals surface area contributed by atoms with Crippen molar-refractivity contribution >= 4 is 5.97 Å². The van der Waals surface area contributed by atoms with E-state index in [0.29, 0.717) is 12.1 Å². The summed E-state index contributed by atoms with van der Waals surface area (Å²) in [5.74, 6) is -0.955. The van der Waals surface area contributed by atoms with Crippen molar-refractivity contribution in [3.05, 3.63) is 24.3 Å². The first-order chi connectivity index (χ1) is 13.1. The molecule has 158 valence electrons. The number of aliphatic carboxylic acids is 1. The largest absolute Gasteiger partial charge is 1.00 e. The van der Waals surface area contributed by atoms with Crippen molar-refractivity contribution in [1.82, 2.24) is 4.90 Å². The third kappa shape index (κ3) is 15.4. The minimum absolute atomic E-state index is 0. The number of nitrogens with zero attached hydrogens (tertiary/aromatic N) is 1. The second-order valence-electron chi connectivity index (χ2n) is 7.55. The molecule has 2 atom stereocenters. The SMILES string of the molecule is CCCC/C=C/CCC(CC)N(CC(=O)[O-])C(CC)CC/C=C/CCCC.[Li+]. The van der Waals surface area contributed by atoms with Crippen LogP contribution in [0.1, 0.15) is 105 Å². The number of rotatable bonds is 18. The van der Waals surface area contributed by atoms with Crippen LogP contribution in [0.15, 0.2) is 24.3 Å². The normalized spacial score (nSPS) is 13.9. The van der Waals surface area contributed by atoms with Crippen LogP contribution >= 0.6 is 0 Å². The summed E-state index contributed by atoms with van der Waals surface area (Å²) in [6, 6.07) is 0.625. The van der Waals surface area contributed by atoms with E-state index in [1.165, 1.54) is 25.7 Å². The van der Waals surface area contributed by atoms with E-state index in [0.717, 1.165) is 51.4 Å². The smallest absolute Gasteiger partial charge is 0.549 e. The van der Waals surface area contributed by atoms with E-state index in [9.17, 15) is 9.90 Å². The molecule has 4 heteroatoms.